The largest absolute Gasteiger partial charge is 0.350 e. The zero-order valence-corrected chi connectivity index (χ0v) is 15.8. The lowest BCUT2D eigenvalue weighted by molar-refractivity contribution is -0.120. The van der Waals surface area contributed by atoms with Gasteiger partial charge >= 0.3 is 0 Å². The maximum atomic E-state index is 12.0. The minimum absolute atomic E-state index is 0.0413. The van der Waals surface area contributed by atoms with E-state index in [1.807, 2.05) is 39.0 Å². The zero-order valence-electron chi connectivity index (χ0n) is 15.8. The highest BCUT2D eigenvalue weighted by Gasteiger charge is 2.09. The summed E-state index contributed by atoms with van der Waals surface area (Å²) in [6.45, 7) is 5.82. The Labute approximate surface area is 159 Å². The van der Waals surface area contributed by atoms with E-state index in [1.165, 1.54) is 0 Å². The molecule has 0 unspecified atom stereocenters. The van der Waals surface area contributed by atoms with Crippen LogP contribution in [0.1, 0.15) is 35.3 Å². The van der Waals surface area contributed by atoms with Gasteiger partial charge < -0.3 is 16.0 Å². The number of carbonyl (C=O) groups is 3. The Morgan fingerprint density at radius 2 is 1.67 bits per heavy atom. The van der Waals surface area contributed by atoms with Crippen molar-refractivity contribution in [1.29, 1.82) is 0 Å². The Morgan fingerprint density at radius 3 is 2.30 bits per heavy atom. The van der Waals surface area contributed by atoms with Crippen LogP contribution in [0.15, 0.2) is 48.5 Å². The molecule has 142 valence electrons. The van der Waals surface area contributed by atoms with Crippen LogP contribution in [0, 0.1) is 12.8 Å². The van der Waals surface area contributed by atoms with Crippen molar-refractivity contribution in [3.63, 3.8) is 0 Å². The van der Waals surface area contributed by atoms with Crippen molar-refractivity contribution in [2.75, 3.05) is 11.9 Å². The first kappa shape index (κ1) is 20.2. The normalized spacial score (nSPS) is 10.4. The van der Waals surface area contributed by atoms with Gasteiger partial charge in [0, 0.05) is 23.7 Å². The predicted octanol–water partition coefficient (Wildman–Crippen LogP) is 2.64. The third-order valence-electron chi connectivity index (χ3n) is 3.93. The van der Waals surface area contributed by atoms with Gasteiger partial charge in [-0.3, -0.25) is 14.4 Å². The van der Waals surface area contributed by atoms with E-state index in [-0.39, 0.29) is 30.2 Å². The molecule has 2 aromatic rings. The fourth-order valence-corrected chi connectivity index (χ4v) is 2.30. The Balaban J connectivity index is 1.76. The van der Waals surface area contributed by atoms with Crippen molar-refractivity contribution < 1.29 is 14.4 Å². The summed E-state index contributed by atoms with van der Waals surface area (Å²) in [6.07, 6.45) is 0. The van der Waals surface area contributed by atoms with Crippen LogP contribution in [0.25, 0.3) is 0 Å². The number of nitrogens with one attached hydrogen (secondary N) is 3. The number of amides is 3. The number of anilines is 1. The number of benzene rings is 2. The molecule has 6 nitrogen and oxygen atoms in total. The van der Waals surface area contributed by atoms with Crippen molar-refractivity contribution >= 4 is 23.4 Å². The minimum atomic E-state index is -0.279. The summed E-state index contributed by atoms with van der Waals surface area (Å²) in [7, 11) is 0. The first-order chi connectivity index (χ1) is 12.8. The third kappa shape index (κ3) is 6.58. The molecule has 0 aliphatic rings. The van der Waals surface area contributed by atoms with Crippen molar-refractivity contribution in [3.8, 4) is 0 Å². The van der Waals surface area contributed by atoms with Crippen LogP contribution in [0.2, 0.25) is 0 Å². The molecule has 2 aromatic carbocycles. The summed E-state index contributed by atoms with van der Waals surface area (Å²) in [5.41, 5.74) is 3.13. The lowest BCUT2D eigenvalue weighted by atomic mass is 10.1. The summed E-state index contributed by atoms with van der Waals surface area (Å²) in [4.78, 5) is 35.6. The molecule has 0 fully saturated rings. The summed E-state index contributed by atoms with van der Waals surface area (Å²) in [5, 5.41) is 8.17. The number of hydrogen-bond donors (Lipinski definition) is 3. The second-order valence-electron chi connectivity index (χ2n) is 6.67. The lowest BCUT2D eigenvalue weighted by Gasteiger charge is -2.10. The minimum Gasteiger partial charge on any atom is -0.350 e. The van der Waals surface area contributed by atoms with Crippen molar-refractivity contribution in [3.05, 3.63) is 65.2 Å². The van der Waals surface area contributed by atoms with Gasteiger partial charge in [-0.05, 0) is 36.8 Å². The maximum Gasteiger partial charge on any atom is 0.251 e. The maximum absolute atomic E-state index is 12.0. The molecular formula is C21H25N3O3. The molecule has 27 heavy (non-hydrogen) atoms. The van der Waals surface area contributed by atoms with Gasteiger partial charge in [-0.2, -0.15) is 0 Å². The number of rotatable bonds is 7. The number of hydrogen-bond acceptors (Lipinski definition) is 3. The van der Waals surface area contributed by atoms with E-state index < -0.39 is 0 Å². The average molecular weight is 367 g/mol. The predicted molar refractivity (Wildman–Crippen MR) is 105 cm³/mol. The van der Waals surface area contributed by atoms with E-state index in [4.69, 9.17) is 0 Å². The van der Waals surface area contributed by atoms with E-state index in [9.17, 15) is 14.4 Å². The second kappa shape index (κ2) is 9.52. The summed E-state index contributed by atoms with van der Waals surface area (Å²) in [5.74, 6) is -0.674. The molecule has 0 bridgehead atoms. The molecule has 0 aliphatic carbocycles. The Kier molecular flexibility index (Phi) is 7.11. The first-order valence-corrected chi connectivity index (χ1v) is 8.86. The van der Waals surface area contributed by atoms with Crippen LogP contribution in [0.5, 0.6) is 0 Å². The smallest absolute Gasteiger partial charge is 0.251 e. The average Bonchev–Trinajstić information content (AvgIpc) is 2.65. The van der Waals surface area contributed by atoms with Gasteiger partial charge in [-0.15, -0.1) is 0 Å². The Morgan fingerprint density at radius 1 is 0.963 bits per heavy atom. The monoisotopic (exact) mass is 367 g/mol. The summed E-state index contributed by atoms with van der Waals surface area (Å²) in [6, 6.07) is 14.4. The van der Waals surface area contributed by atoms with Crippen molar-refractivity contribution in [2.24, 2.45) is 5.92 Å². The van der Waals surface area contributed by atoms with E-state index in [0.29, 0.717) is 17.8 Å². The van der Waals surface area contributed by atoms with Crippen LogP contribution >= 0.6 is 0 Å². The van der Waals surface area contributed by atoms with Gasteiger partial charge in [0.05, 0.1) is 6.54 Å². The molecule has 0 saturated heterocycles. The zero-order chi connectivity index (χ0) is 19.8. The Bertz CT molecular complexity index is 814. The summed E-state index contributed by atoms with van der Waals surface area (Å²) < 4.78 is 0. The van der Waals surface area contributed by atoms with Gasteiger partial charge in [0.2, 0.25) is 11.8 Å². The highest BCUT2D eigenvalue weighted by atomic mass is 16.2. The van der Waals surface area contributed by atoms with Crippen LogP contribution < -0.4 is 16.0 Å². The summed E-state index contributed by atoms with van der Waals surface area (Å²) >= 11 is 0. The fraction of sp³-hybridized carbons (Fsp3) is 0.286. The molecule has 2 rings (SSSR count). The highest BCUT2D eigenvalue weighted by Crippen LogP contribution is 2.11. The number of carbonyl (C=O) groups excluding carboxylic acids is 3. The van der Waals surface area contributed by atoms with Gasteiger partial charge in [0.25, 0.3) is 5.91 Å². The number of aryl methyl sites for hydroxylation is 1. The molecule has 3 amide bonds. The molecule has 6 heteroatoms. The van der Waals surface area contributed by atoms with E-state index in [1.54, 1.807) is 30.3 Å². The van der Waals surface area contributed by atoms with E-state index in [2.05, 4.69) is 16.0 Å². The molecule has 3 N–H and O–H groups in total. The van der Waals surface area contributed by atoms with Crippen molar-refractivity contribution in [2.45, 2.75) is 27.3 Å². The third-order valence-corrected chi connectivity index (χ3v) is 3.93. The topological polar surface area (TPSA) is 87.3 Å². The SMILES string of the molecule is Cc1cccc(C(=O)NCC(=O)NCc2ccc(NC(=O)C(C)C)cc2)c1. The van der Waals surface area contributed by atoms with Gasteiger partial charge in [-0.25, -0.2) is 0 Å². The van der Waals surface area contributed by atoms with Gasteiger partial charge in [0.1, 0.15) is 0 Å². The molecule has 0 heterocycles. The highest BCUT2D eigenvalue weighted by molar-refractivity contribution is 5.96. The van der Waals surface area contributed by atoms with Crippen LogP contribution in [-0.2, 0) is 16.1 Å². The van der Waals surface area contributed by atoms with Crippen LogP contribution in [0.4, 0.5) is 5.69 Å². The molecule has 0 atom stereocenters. The molecule has 0 spiro atoms. The molecular weight excluding hydrogens is 342 g/mol. The lowest BCUT2D eigenvalue weighted by Crippen LogP contribution is -2.36. The quantitative estimate of drug-likeness (QED) is 0.703. The fourth-order valence-electron chi connectivity index (χ4n) is 2.30. The van der Waals surface area contributed by atoms with E-state index in [0.717, 1.165) is 11.1 Å². The molecule has 0 aromatic heterocycles. The first-order valence-electron chi connectivity index (χ1n) is 8.86. The molecule has 0 aliphatic heterocycles. The standard InChI is InChI=1S/C21H25N3O3/c1-14(2)20(26)24-18-9-7-16(8-10-18)12-22-19(25)13-23-21(27)17-6-4-5-15(3)11-17/h4-11,14H,12-13H2,1-3H3,(H,22,25)(H,23,27)(H,24,26). The van der Waals surface area contributed by atoms with Crippen LogP contribution in [-0.4, -0.2) is 24.3 Å². The molecule has 0 radical (unpaired) electrons. The molecule has 0 saturated carbocycles. The van der Waals surface area contributed by atoms with Gasteiger partial charge in [-0.1, -0.05) is 43.7 Å². The van der Waals surface area contributed by atoms with Crippen LogP contribution in [0.3, 0.4) is 0 Å². The second-order valence-corrected chi connectivity index (χ2v) is 6.67. The van der Waals surface area contributed by atoms with E-state index >= 15 is 0 Å². The Hall–Kier alpha value is -3.15. The van der Waals surface area contributed by atoms with Gasteiger partial charge in [0.15, 0.2) is 0 Å². The van der Waals surface area contributed by atoms with Crippen molar-refractivity contribution in [1.82, 2.24) is 10.6 Å².